The monoisotopic (exact) mass is 664 g/mol. The minimum atomic E-state index is -1.21. The van der Waals surface area contributed by atoms with Crippen molar-refractivity contribution in [2.24, 2.45) is 5.73 Å². The fourth-order valence-corrected chi connectivity index (χ4v) is 5.57. The van der Waals surface area contributed by atoms with Gasteiger partial charge in [0.1, 0.15) is 29.3 Å². The number of aryl methyl sites for hydroxylation is 2. The van der Waals surface area contributed by atoms with Crippen molar-refractivity contribution < 1.29 is 33.4 Å². The second kappa shape index (κ2) is 16.1. The number of ether oxygens (including phenoxy) is 2. The Kier molecular flexibility index (Phi) is 12.8. The Balaban J connectivity index is 2.10. The molecule has 11 heteroatoms. The first-order valence-corrected chi connectivity index (χ1v) is 16.6. The van der Waals surface area contributed by atoms with E-state index in [1.54, 1.807) is 41.5 Å². The number of esters is 1. The number of hydrogen-bond donors (Lipinski definition) is 3. The maximum absolute atomic E-state index is 14.6. The number of amides is 4. The van der Waals surface area contributed by atoms with Crippen molar-refractivity contribution in [1.29, 1.82) is 0 Å². The number of carbonyl (C=O) groups is 5. The quantitative estimate of drug-likeness (QED) is 0.256. The van der Waals surface area contributed by atoms with Gasteiger partial charge in [-0.05, 0) is 97.8 Å². The number of nitrogens with two attached hydrogens (primary N) is 1. The Morgan fingerprint density at radius 3 is 2.02 bits per heavy atom. The number of nitrogens with zero attached hydrogens (tertiary/aromatic N) is 1. The number of carbonyl (C=O) groups excluding carboxylic acids is 5. The first kappa shape index (κ1) is 38.0. The lowest BCUT2D eigenvalue weighted by atomic mass is 9.86. The van der Waals surface area contributed by atoms with E-state index in [-0.39, 0.29) is 25.3 Å². The highest BCUT2D eigenvalue weighted by atomic mass is 16.6. The summed E-state index contributed by atoms with van der Waals surface area (Å²) in [7, 11) is 0. The van der Waals surface area contributed by atoms with E-state index >= 15 is 0 Å². The van der Waals surface area contributed by atoms with Gasteiger partial charge in [-0.25, -0.2) is 9.59 Å². The Morgan fingerprint density at radius 1 is 0.875 bits per heavy atom. The molecule has 0 heterocycles. The molecular weight excluding hydrogens is 612 g/mol. The Morgan fingerprint density at radius 2 is 1.50 bits per heavy atom. The van der Waals surface area contributed by atoms with E-state index in [0.717, 1.165) is 23.1 Å². The third kappa shape index (κ3) is 11.4. The molecule has 3 unspecified atom stereocenters. The van der Waals surface area contributed by atoms with Gasteiger partial charge < -0.3 is 30.7 Å². The molecule has 0 saturated heterocycles. The van der Waals surface area contributed by atoms with Crippen LogP contribution in [0.1, 0.15) is 102 Å². The van der Waals surface area contributed by atoms with Gasteiger partial charge in [0.15, 0.2) is 0 Å². The van der Waals surface area contributed by atoms with Crippen LogP contribution in [0, 0.1) is 13.8 Å². The standard InChI is InChI=1S/C37H52N4O7/c1-23-17-18-27(24(2)21-23)31(32(43)39-29(34(45)47-36(3,4)5)22-25-13-10-9-11-14-25)41(26-15-12-16-26)33(44)28(19-20-30(38)42)40-35(46)48-37(6,7)8/h9-11,13-14,17-18,21,26,28-29,31H,12,15-16,19-20,22H2,1-8H3,(H2,38,42)(H,39,43)(H,40,46). The number of alkyl carbamates (subject to hydrolysis) is 1. The van der Waals surface area contributed by atoms with Gasteiger partial charge in [0.05, 0.1) is 0 Å². The molecular formula is C37H52N4O7. The predicted molar refractivity (Wildman–Crippen MR) is 183 cm³/mol. The number of nitrogens with one attached hydrogen (secondary N) is 2. The highest BCUT2D eigenvalue weighted by molar-refractivity contribution is 5.94. The van der Waals surface area contributed by atoms with Gasteiger partial charge >= 0.3 is 12.1 Å². The molecule has 4 N–H and O–H groups in total. The van der Waals surface area contributed by atoms with Crippen LogP contribution in [0.25, 0.3) is 0 Å². The molecule has 3 rings (SSSR count). The van der Waals surface area contributed by atoms with Gasteiger partial charge in [0.25, 0.3) is 0 Å². The predicted octanol–water partition coefficient (Wildman–Crippen LogP) is 4.95. The zero-order chi connectivity index (χ0) is 35.8. The summed E-state index contributed by atoms with van der Waals surface area (Å²) in [5, 5.41) is 5.57. The molecule has 0 bridgehead atoms. The maximum atomic E-state index is 14.6. The van der Waals surface area contributed by atoms with Gasteiger partial charge in [-0.3, -0.25) is 14.4 Å². The summed E-state index contributed by atoms with van der Waals surface area (Å²) >= 11 is 0. The lowest BCUT2D eigenvalue weighted by molar-refractivity contribution is -0.159. The van der Waals surface area contributed by atoms with Crippen LogP contribution >= 0.6 is 0 Å². The highest BCUT2D eigenvalue weighted by Crippen LogP contribution is 2.35. The summed E-state index contributed by atoms with van der Waals surface area (Å²) in [5.74, 6) is -2.37. The zero-order valence-corrected chi connectivity index (χ0v) is 29.6. The molecule has 2 aromatic carbocycles. The number of primary amides is 1. The van der Waals surface area contributed by atoms with Crippen LogP contribution in [0.5, 0.6) is 0 Å². The average Bonchev–Trinajstić information content (AvgIpc) is 2.92. The van der Waals surface area contributed by atoms with E-state index in [1.807, 2.05) is 62.4 Å². The Labute approximate surface area is 284 Å². The van der Waals surface area contributed by atoms with Crippen LogP contribution < -0.4 is 16.4 Å². The van der Waals surface area contributed by atoms with Crippen molar-refractivity contribution in [1.82, 2.24) is 15.5 Å². The highest BCUT2D eigenvalue weighted by Gasteiger charge is 2.43. The normalized spacial score (nSPS) is 15.2. The lowest BCUT2D eigenvalue weighted by Crippen LogP contribution is -2.59. The van der Waals surface area contributed by atoms with Crippen LogP contribution in [0.2, 0.25) is 0 Å². The summed E-state index contributed by atoms with van der Waals surface area (Å²) in [6, 6.07) is 11.1. The second-order valence-electron chi connectivity index (χ2n) is 14.6. The molecule has 3 atom stereocenters. The second-order valence-corrected chi connectivity index (χ2v) is 14.6. The van der Waals surface area contributed by atoms with Gasteiger partial charge in [-0.15, -0.1) is 0 Å². The molecule has 0 radical (unpaired) electrons. The average molecular weight is 665 g/mol. The Hall–Kier alpha value is -4.41. The van der Waals surface area contributed by atoms with Crippen LogP contribution in [0.4, 0.5) is 4.79 Å². The van der Waals surface area contributed by atoms with Crippen molar-refractivity contribution in [3.63, 3.8) is 0 Å². The maximum Gasteiger partial charge on any atom is 0.408 e. The van der Waals surface area contributed by atoms with E-state index < -0.39 is 59.1 Å². The molecule has 1 saturated carbocycles. The van der Waals surface area contributed by atoms with E-state index in [4.69, 9.17) is 15.2 Å². The summed E-state index contributed by atoms with van der Waals surface area (Å²) < 4.78 is 11.2. The van der Waals surface area contributed by atoms with Gasteiger partial charge in [0, 0.05) is 18.9 Å². The zero-order valence-electron chi connectivity index (χ0n) is 29.6. The van der Waals surface area contributed by atoms with Gasteiger partial charge in [-0.1, -0.05) is 54.1 Å². The number of rotatable bonds is 13. The molecule has 48 heavy (non-hydrogen) atoms. The van der Waals surface area contributed by atoms with Gasteiger partial charge in [0.2, 0.25) is 17.7 Å². The molecule has 11 nitrogen and oxygen atoms in total. The smallest absolute Gasteiger partial charge is 0.408 e. The molecule has 1 aliphatic carbocycles. The minimum absolute atomic E-state index is 0.0909. The number of hydrogen-bond acceptors (Lipinski definition) is 7. The molecule has 4 amide bonds. The molecule has 2 aromatic rings. The van der Waals surface area contributed by atoms with Crippen LogP contribution in [0.15, 0.2) is 48.5 Å². The van der Waals surface area contributed by atoms with E-state index in [1.165, 1.54) is 4.90 Å². The first-order valence-electron chi connectivity index (χ1n) is 16.6. The van der Waals surface area contributed by atoms with E-state index in [9.17, 15) is 24.0 Å². The topological polar surface area (TPSA) is 157 Å². The summed E-state index contributed by atoms with van der Waals surface area (Å²) in [5.41, 5.74) is 6.94. The van der Waals surface area contributed by atoms with Crippen LogP contribution in [-0.2, 0) is 35.1 Å². The molecule has 262 valence electrons. The third-order valence-electron chi connectivity index (χ3n) is 7.93. The molecule has 1 aliphatic rings. The van der Waals surface area contributed by atoms with Crippen LogP contribution in [0.3, 0.4) is 0 Å². The summed E-state index contributed by atoms with van der Waals surface area (Å²) in [6.07, 6.45) is 1.17. The third-order valence-corrected chi connectivity index (χ3v) is 7.93. The molecule has 0 spiro atoms. The van der Waals surface area contributed by atoms with E-state index in [2.05, 4.69) is 10.6 Å². The fraction of sp³-hybridized carbons (Fsp3) is 0.541. The summed E-state index contributed by atoms with van der Waals surface area (Å²) in [6.45, 7) is 14.2. The van der Waals surface area contributed by atoms with Crippen molar-refractivity contribution >= 4 is 29.8 Å². The van der Waals surface area contributed by atoms with Crippen molar-refractivity contribution in [2.75, 3.05) is 0 Å². The fourth-order valence-electron chi connectivity index (χ4n) is 5.57. The largest absolute Gasteiger partial charge is 0.458 e. The molecule has 0 aromatic heterocycles. The van der Waals surface area contributed by atoms with Crippen molar-refractivity contribution in [2.45, 2.75) is 129 Å². The van der Waals surface area contributed by atoms with Crippen molar-refractivity contribution in [3.05, 3.63) is 70.8 Å². The first-order chi connectivity index (χ1) is 22.3. The van der Waals surface area contributed by atoms with Crippen LogP contribution in [-0.4, -0.2) is 64.0 Å². The summed E-state index contributed by atoms with van der Waals surface area (Å²) in [4.78, 5) is 69.1. The SMILES string of the molecule is Cc1ccc(C(C(=O)NC(Cc2ccccc2)C(=O)OC(C)(C)C)N(C(=O)C(CCC(N)=O)NC(=O)OC(C)(C)C)C2CCC2)c(C)c1. The molecule has 0 aliphatic heterocycles. The van der Waals surface area contributed by atoms with Gasteiger partial charge in [-0.2, -0.15) is 0 Å². The minimum Gasteiger partial charge on any atom is -0.458 e. The number of benzene rings is 2. The van der Waals surface area contributed by atoms with Crippen molar-refractivity contribution in [3.8, 4) is 0 Å². The Bertz CT molecular complexity index is 1460. The lowest BCUT2D eigenvalue weighted by Gasteiger charge is -2.44. The molecule has 1 fully saturated rings. The van der Waals surface area contributed by atoms with E-state index in [0.29, 0.717) is 18.4 Å².